The molecule has 0 radical (unpaired) electrons. The van der Waals surface area contributed by atoms with Gasteiger partial charge in [-0.2, -0.15) is 0 Å². The fourth-order valence-corrected chi connectivity index (χ4v) is 9.36. The van der Waals surface area contributed by atoms with Gasteiger partial charge >= 0.3 is 5.97 Å². The summed E-state index contributed by atoms with van der Waals surface area (Å²) >= 11 is 0. The number of methoxy groups -OCH3 is 1. The smallest absolute Gasteiger partial charge is 0.306 e. The molecule has 0 aliphatic heterocycles. The molecule has 0 aromatic rings. The molecule has 35 heavy (non-hydrogen) atoms. The lowest BCUT2D eigenvalue weighted by molar-refractivity contribution is -0.151. The number of carbonyl (C=O) groups is 1. The first-order valence-corrected chi connectivity index (χ1v) is 15.1. The summed E-state index contributed by atoms with van der Waals surface area (Å²) in [6, 6.07) is 0. The molecular formula is C32H54O3. The van der Waals surface area contributed by atoms with E-state index in [-0.39, 0.29) is 12.1 Å². The molecule has 4 aliphatic carbocycles. The van der Waals surface area contributed by atoms with Crippen LogP contribution >= 0.6 is 0 Å². The van der Waals surface area contributed by atoms with Crippen LogP contribution in [-0.4, -0.2) is 25.8 Å². The summed E-state index contributed by atoms with van der Waals surface area (Å²) in [7, 11) is 1.68. The van der Waals surface area contributed by atoms with E-state index in [2.05, 4.69) is 40.7 Å². The number of esters is 1. The maximum Gasteiger partial charge on any atom is 0.306 e. The van der Waals surface area contributed by atoms with Gasteiger partial charge in [-0.1, -0.05) is 65.5 Å². The molecule has 0 aromatic carbocycles. The fourth-order valence-electron chi connectivity index (χ4n) is 9.36. The van der Waals surface area contributed by atoms with Gasteiger partial charge in [0.1, 0.15) is 6.10 Å². The van der Waals surface area contributed by atoms with E-state index in [1.54, 1.807) is 12.7 Å². The van der Waals surface area contributed by atoms with Gasteiger partial charge in [-0.15, -0.1) is 0 Å². The summed E-state index contributed by atoms with van der Waals surface area (Å²) in [5, 5.41) is 0. The first-order chi connectivity index (χ1) is 16.7. The van der Waals surface area contributed by atoms with Crippen molar-refractivity contribution in [2.24, 2.45) is 46.3 Å². The first-order valence-electron chi connectivity index (χ1n) is 15.1. The van der Waals surface area contributed by atoms with Gasteiger partial charge in [0.05, 0.1) is 0 Å². The number of hydrogen-bond acceptors (Lipinski definition) is 3. The molecule has 200 valence electrons. The minimum Gasteiger partial charge on any atom is -0.462 e. The van der Waals surface area contributed by atoms with E-state index in [0.717, 1.165) is 54.8 Å². The van der Waals surface area contributed by atoms with E-state index in [1.165, 1.54) is 57.8 Å². The second-order valence-electron chi connectivity index (χ2n) is 13.7. The number of allylic oxidation sites excluding steroid dienone is 1. The van der Waals surface area contributed by atoms with E-state index in [9.17, 15) is 4.79 Å². The molecule has 3 fully saturated rings. The lowest BCUT2D eigenvalue weighted by atomic mass is 9.47. The Morgan fingerprint density at radius 3 is 2.57 bits per heavy atom. The molecule has 0 saturated heterocycles. The molecule has 3 nitrogen and oxygen atoms in total. The molecule has 0 amide bonds. The highest BCUT2D eigenvalue weighted by atomic mass is 16.5. The monoisotopic (exact) mass is 486 g/mol. The van der Waals surface area contributed by atoms with Gasteiger partial charge in [0.25, 0.3) is 0 Å². The third-order valence-electron chi connectivity index (χ3n) is 11.3. The van der Waals surface area contributed by atoms with Crippen molar-refractivity contribution in [2.75, 3.05) is 13.7 Å². The zero-order chi connectivity index (χ0) is 25.2. The molecular weight excluding hydrogens is 432 g/mol. The van der Waals surface area contributed by atoms with Crippen LogP contribution in [0.2, 0.25) is 0 Å². The van der Waals surface area contributed by atoms with Crippen molar-refractivity contribution in [3.8, 4) is 0 Å². The van der Waals surface area contributed by atoms with Crippen LogP contribution < -0.4 is 0 Å². The van der Waals surface area contributed by atoms with Crippen LogP contribution in [0.25, 0.3) is 0 Å². The molecule has 0 N–H and O–H groups in total. The molecule has 0 heterocycles. The van der Waals surface area contributed by atoms with E-state index in [0.29, 0.717) is 23.9 Å². The maximum absolute atomic E-state index is 12.3. The second kappa shape index (κ2) is 11.3. The summed E-state index contributed by atoms with van der Waals surface area (Å²) in [6.07, 6.45) is 18.3. The third kappa shape index (κ3) is 5.55. The number of rotatable bonds is 10. The second-order valence-corrected chi connectivity index (χ2v) is 13.7. The molecule has 0 bridgehead atoms. The molecule has 0 spiro atoms. The largest absolute Gasteiger partial charge is 0.462 e. The Balaban J connectivity index is 1.39. The van der Waals surface area contributed by atoms with Crippen LogP contribution in [0.1, 0.15) is 118 Å². The first kappa shape index (κ1) is 27.2. The summed E-state index contributed by atoms with van der Waals surface area (Å²) in [4.78, 5) is 12.3. The Kier molecular flexibility index (Phi) is 8.77. The van der Waals surface area contributed by atoms with Crippen molar-refractivity contribution >= 4 is 5.97 Å². The van der Waals surface area contributed by atoms with E-state index in [4.69, 9.17) is 9.47 Å². The summed E-state index contributed by atoms with van der Waals surface area (Å²) < 4.78 is 11.0. The van der Waals surface area contributed by atoms with Crippen molar-refractivity contribution in [3.05, 3.63) is 11.6 Å². The van der Waals surface area contributed by atoms with Gasteiger partial charge in [0.2, 0.25) is 0 Å². The molecule has 3 saturated carbocycles. The highest BCUT2D eigenvalue weighted by Gasteiger charge is 2.59. The maximum atomic E-state index is 12.3. The predicted octanol–water partition coefficient (Wildman–Crippen LogP) is 8.37. The van der Waals surface area contributed by atoms with E-state index < -0.39 is 0 Å². The lowest BCUT2D eigenvalue weighted by Crippen LogP contribution is -2.51. The predicted molar refractivity (Wildman–Crippen MR) is 144 cm³/mol. The van der Waals surface area contributed by atoms with Crippen LogP contribution in [0.15, 0.2) is 11.6 Å². The Morgan fingerprint density at radius 2 is 1.83 bits per heavy atom. The van der Waals surface area contributed by atoms with Crippen molar-refractivity contribution < 1.29 is 14.3 Å². The van der Waals surface area contributed by atoms with Gasteiger partial charge < -0.3 is 9.47 Å². The Morgan fingerprint density at radius 1 is 1.03 bits per heavy atom. The minimum atomic E-state index is -0.0436. The number of fused-ring (bicyclic) bond motifs is 5. The average molecular weight is 487 g/mol. The van der Waals surface area contributed by atoms with Crippen molar-refractivity contribution in [3.63, 3.8) is 0 Å². The highest BCUT2D eigenvalue weighted by Crippen LogP contribution is 2.67. The Labute approximate surface area is 216 Å². The van der Waals surface area contributed by atoms with Gasteiger partial charge in [0, 0.05) is 26.6 Å². The van der Waals surface area contributed by atoms with Crippen LogP contribution in [0, 0.1) is 46.3 Å². The van der Waals surface area contributed by atoms with Gasteiger partial charge in [-0.05, 0) is 97.7 Å². The highest BCUT2D eigenvalue weighted by molar-refractivity contribution is 5.69. The zero-order valence-corrected chi connectivity index (χ0v) is 23.7. The summed E-state index contributed by atoms with van der Waals surface area (Å²) in [5.41, 5.74) is 2.49. The third-order valence-corrected chi connectivity index (χ3v) is 11.3. The zero-order valence-electron chi connectivity index (χ0n) is 23.7. The standard InChI is InChI=1S/C32H54O3/c1-22(2)9-7-10-23(3)27-14-15-28-26-13-12-24-21-25(35-30(33)11-8-20-34-6)16-18-31(24,4)29(26)17-19-32(27,28)5/h12,22-23,25-29H,7-11,13-21H2,1-6H3. The Bertz CT molecular complexity index is 756. The molecule has 8 unspecified atom stereocenters. The van der Waals surface area contributed by atoms with Gasteiger partial charge in [-0.25, -0.2) is 0 Å². The number of carbonyl (C=O) groups excluding carboxylic acids is 1. The van der Waals surface area contributed by atoms with Crippen LogP contribution in [0.4, 0.5) is 0 Å². The molecule has 4 aliphatic rings. The number of hydrogen-bond donors (Lipinski definition) is 0. The molecule has 3 heteroatoms. The van der Waals surface area contributed by atoms with Crippen molar-refractivity contribution in [1.29, 1.82) is 0 Å². The number of ether oxygens (including phenoxy) is 2. The summed E-state index contributed by atoms with van der Waals surface area (Å²) in [5.74, 6) is 5.19. The van der Waals surface area contributed by atoms with Crippen LogP contribution in [-0.2, 0) is 14.3 Å². The normalized spacial score (nSPS) is 39.4. The quantitative estimate of drug-likeness (QED) is 0.177. The van der Waals surface area contributed by atoms with Gasteiger partial charge in [-0.3, -0.25) is 4.79 Å². The SMILES string of the molecule is COCCCC(=O)OC1CCC2(C)C(=CCC3C2CCC2(C)C(C(C)CCCC(C)C)CCC32)C1. The Hall–Kier alpha value is -0.830. The molecule has 8 atom stereocenters. The lowest BCUT2D eigenvalue weighted by Gasteiger charge is -2.58. The summed E-state index contributed by atoms with van der Waals surface area (Å²) in [6.45, 7) is 13.2. The van der Waals surface area contributed by atoms with E-state index in [1.807, 2.05) is 0 Å². The molecule has 0 aromatic heterocycles. The van der Waals surface area contributed by atoms with E-state index >= 15 is 0 Å². The minimum absolute atomic E-state index is 0.0436. The van der Waals surface area contributed by atoms with Crippen molar-refractivity contribution in [2.45, 2.75) is 124 Å². The molecule has 4 rings (SSSR count). The van der Waals surface area contributed by atoms with Crippen LogP contribution in [0.5, 0.6) is 0 Å². The fraction of sp³-hybridized carbons (Fsp3) is 0.906. The van der Waals surface area contributed by atoms with Crippen LogP contribution in [0.3, 0.4) is 0 Å². The van der Waals surface area contributed by atoms with Gasteiger partial charge in [0.15, 0.2) is 0 Å². The van der Waals surface area contributed by atoms with Crippen molar-refractivity contribution in [1.82, 2.24) is 0 Å². The topological polar surface area (TPSA) is 35.5 Å². The average Bonchev–Trinajstić information content (AvgIpc) is 3.16.